The van der Waals surface area contributed by atoms with E-state index in [2.05, 4.69) is 30.4 Å². The van der Waals surface area contributed by atoms with E-state index >= 15 is 0 Å². The second-order valence-electron chi connectivity index (χ2n) is 6.14. The lowest BCUT2D eigenvalue weighted by molar-refractivity contribution is -0.127. The van der Waals surface area contributed by atoms with Crippen LogP contribution in [0.5, 0.6) is 5.75 Å². The number of hydrazone groups is 1. The smallest absolute Gasteiger partial charge is 0.280 e. The summed E-state index contributed by atoms with van der Waals surface area (Å²) >= 11 is 5.93. The van der Waals surface area contributed by atoms with E-state index in [1.165, 1.54) is 11.1 Å². The second-order valence-corrected chi connectivity index (χ2v) is 6.58. The van der Waals surface area contributed by atoms with Crippen molar-refractivity contribution in [2.24, 2.45) is 5.10 Å². The van der Waals surface area contributed by atoms with Gasteiger partial charge in [-0.3, -0.25) is 4.79 Å². The van der Waals surface area contributed by atoms with Gasteiger partial charge in [0.05, 0.1) is 5.71 Å². The molecule has 0 fully saturated rings. The van der Waals surface area contributed by atoms with E-state index in [-0.39, 0.29) is 5.91 Å². The van der Waals surface area contributed by atoms with Crippen LogP contribution in [0.4, 0.5) is 0 Å². The predicted octanol–water partition coefficient (Wildman–Crippen LogP) is 4.57. The van der Waals surface area contributed by atoms with Gasteiger partial charge in [0, 0.05) is 5.02 Å². The third kappa shape index (κ3) is 5.07. The molecule has 5 heteroatoms. The van der Waals surface area contributed by atoms with Crippen molar-refractivity contribution in [1.29, 1.82) is 0 Å². The van der Waals surface area contributed by atoms with Crippen LogP contribution in [0.1, 0.15) is 36.1 Å². The summed E-state index contributed by atoms with van der Waals surface area (Å²) in [6.07, 6.45) is -0.670. The average molecular weight is 359 g/mol. The normalized spacial score (nSPS) is 12.6. The molecule has 4 nitrogen and oxygen atoms in total. The Labute approximate surface area is 153 Å². The van der Waals surface area contributed by atoms with Gasteiger partial charge in [-0.05, 0) is 81.1 Å². The van der Waals surface area contributed by atoms with Gasteiger partial charge in [-0.25, -0.2) is 5.43 Å². The summed E-state index contributed by atoms with van der Waals surface area (Å²) in [7, 11) is 0. The summed E-state index contributed by atoms with van der Waals surface area (Å²) in [5, 5.41) is 4.82. The number of rotatable bonds is 5. The first kappa shape index (κ1) is 19.0. The van der Waals surface area contributed by atoms with Crippen molar-refractivity contribution >= 4 is 23.2 Å². The quantitative estimate of drug-likeness (QED) is 0.628. The van der Waals surface area contributed by atoms with E-state index in [1.807, 2.05) is 26.0 Å². The maximum Gasteiger partial charge on any atom is 0.280 e. The number of ether oxygens (including phenoxy) is 1. The van der Waals surface area contributed by atoms with Gasteiger partial charge >= 0.3 is 0 Å². The van der Waals surface area contributed by atoms with Crippen LogP contribution in [0.25, 0.3) is 0 Å². The zero-order valence-electron chi connectivity index (χ0n) is 15.2. The van der Waals surface area contributed by atoms with Crippen molar-refractivity contribution < 1.29 is 9.53 Å². The average Bonchev–Trinajstić information content (AvgIpc) is 2.57. The van der Waals surface area contributed by atoms with Crippen molar-refractivity contribution in [3.63, 3.8) is 0 Å². The molecule has 2 aromatic carbocycles. The molecule has 0 aliphatic heterocycles. The first-order valence-corrected chi connectivity index (χ1v) is 8.50. The molecule has 25 heavy (non-hydrogen) atoms. The van der Waals surface area contributed by atoms with Crippen molar-refractivity contribution in [2.75, 3.05) is 0 Å². The fraction of sp³-hybridized carbons (Fsp3) is 0.300. The first-order chi connectivity index (χ1) is 11.8. The van der Waals surface area contributed by atoms with E-state index in [9.17, 15) is 4.79 Å². The van der Waals surface area contributed by atoms with E-state index in [1.54, 1.807) is 25.1 Å². The maximum atomic E-state index is 12.2. The Bertz CT molecular complexity index is 815. The lowest BCUT2D eigenvalue weighted by atomic mass is 10.0. The van der Waals surface area contributed by atoms with Crippen LogP contribution in [0.2, 0.25) is 5.02 Å². The molecule has 2 rings (SSSR count). The standard InChI is InChI=1S/C20H23ClN2O2/c1-12-6-7-17(10-13(12)2)15(4)22-23-20(24)16(5)25-19-9-8-18(21)11-14(19)3/h6-11,16H,1-5H3,(H,23,24). The summed E-state index contributed by atoms with van der Waals surface area (Å²) < 4.78 is 5.69. The van der Waals surface area contributed by atoms with Crippen LogP contribution in [-0.2, 0) is 4.79 Å². The number of aryl methyl sites for hydroxylation is 3. The van der Waals surface area contributed by atoms with Crippen LogP contribution in [-0.4, -0.2) is 17.7 Å². The van der Waals surface area contributed by atoms with E-state index in [0.717, 1.165) is 16.8 Å². The summed E-state index contributed by atoms with van der Waals surface area (Å²) in [6.45, 7) is 9.54. The third-order valence-electron chi connectivity index (χ3n) is 4.07. The highest BCUT2D eigenvalue weighted by molar-refractivity contribution is 6.30. The molecular weight excluding hydrogens is 336 g/mol. The molecule has 132 valence electrons. The predicted molar refractivity (Wildman–Crippen MR) is 103 cm³/mol. The van der Waals surface area contributed by atoms with Crippen LogP contribution < -0.4 is 10.2 Å². The molecular formula is C20H23ClN2O2. The molecule has 0 saturated heterocycles. The first-order valence-electron chi connectivity index (χ1n) is 8.12. The minimum atomic E-state index is -0.670. The molecule has 0 heterocycles. The number of halogens is 1. The molecule has 0 spiro atoms. The van der Waals surface area contributed by atoms with Gasteiger partial charge in [0.1, 0.15) is 5.75 Å². The lowest BCUT2D eigenvalue weighted by Crippen LogP contribution is -2.34. The topological polar surface area (TPSA) is 50.7 Å². The molecule has 1 unspecified atom stereocenters. The van der Waals surface area contributed by atoms with Crippen molar-refractivity contribution in [2.45, 2.75) is 40.7 Å². The Morgan fingerprint density at radius 3 is 2.44 bits per heavy atom. The van der Waals surface area contributed by atoms with E-state index in [4.69, 9.17) is 16.3 Å². The van der Waals surface area contributed by atoms with Gasteiger partial charge in [-0.1, -0.05) is 23.7 Å². The molecule has 0 aromatic heterocycles. The number of hydrogen-bond donors (Lipinski definition) is 1. The molecule has 0 saturated carbocycles. The van der Waals surface area contributed by atoms with Crippen molar-refractivity contribution in [3.8, 4) is 5.75 Å². The number of nitrogens with one attached hydrogen (secondary N) is 1. The summed E-state index contributed by atoms with van der Waals surface area (Å²) in [5.41, 5.74) is 7.57. The highest BCUT2D eigenvalue weighted by atomic mass is 35.5. The van der Waals surface area contributed by atoms with Crippen LogP contribution in [0.15, 0.2) is 41.5 Å². The zero-order chi connectivity index (χ0) is 18.6. The Balaban J connectivity index is 2.01. The fourth-order valence-electron chi connectivity index (χ4n) is 2.25. The Morgan fingerprint density at radius 1 is 1.08 bits per heavy atom. The molecule has 0 aliphatic carbocycles. The molecule has 1 amide bonds. The summed E-state index contributed by atoms with van der Waals surface area (Å²) in [6, 6.07) is 11.4. The summed E-state index contributed by atoms with van der Waals surface area (Å²) in [4.78, 5) is 12.2. The minimum absolute atomic E-state index is 0.308. The number of carbonyl (C=O) groups excluding carboxylic acids is 1. The van der Waals surface area contributed by atoms with Crippen molar-refractivity contribution in [3.05, 3.63) is 63.7 Å². The maximum absolute atomic E-state index is 12.2. The minimum Gasteiger partial charge on any atom is -0.481 e. The zero-order valence-corrected chi connectivity index (χ0v) is 15.9. The van der Waals surface area contributed by atoms with E-state index < -0.39 is 6.10 Å². The molecule has 1 atom stereocenters. The van der Waals surface area contributed by atoms with Gasteiger partial charge in [0.2, 0.25) is 0 Å². The van der Waals surface area contributed by atoms with Gasteiger partial charge in [0.15, 0.2) is 6.10 Å². The number of nitrogens with zero attached hydrogens (tertiary/aromatic N) is 1. The highest BCUT2D eigenvalue weighted by Crippen LogP contribution is 2.22. The van der Waals surface area contributed by atoms with Gasteiger partial charge in [-0.15, -0.1) is 0 Å². The number of hydrogen-bond acceptors (Lipinski definition) is 3. The van der Waals surface area contributed by atoms with E-state index in [0.29, 0.717) is 10.8 Å². The highest BCUT2D eigenvalue weighted by Gasteiger charge is 2.15. The number of carbonyl (C=O) groups is 1. The number of amides is 1. The number of benzene rings is 2. The molecule has 2 aromatic rings. The fourth-order valence-corrected chi connectivity index (χ4v) is 2.48. The second kappa shape index (κ2) is 8.17. The van der Waals surface area contributed by atoms with Crippen molar-refractivity contribution in [1.82, 2.24) is 5.43 Å². The SMILES string of the molecule is CC(=NNC(=O)C(C)Oc1ccc(Cl)cc1C)c1ccc(C)c(C)c1. The monoisotopic (exact) mass is 358 g/mol. The summed E-state index contributed by atoms with van der Waals surface area (Å²) in [5.74, 6) is 0.319. The Morgan fingerprint density at radius 2 is 1.80 bits per heavy atom. The van der Waals surface area contributed by atoms with Gasteiger partial charge < -0.3 is 4.74 Å². The van der Waals surface area contributed by atoms with Crippen LogP contribution >= 0.6 is 11.6 Å². The van der Waals surface area contributed by atoms with Crippen LogP contribution in [0, 0.1) is 20.8 Å². The lowest BCUT2D eigenvalue weighted by Gasteiger charge is -2.15. The van der Waals surface area contributed by atoms with Crippen LogP contribution in [0.3, 0.4) is 0 Å². The molecule has 0 bridgehead atoms. The molecule has 0 aliphatic rings. The Hall–Kier alpha value is -2.33. The van der Waals surface area contributed by atoms with Gasteiger partial charge in [-0.2, -0.15) is 5.10 Å². The molecule has 0 radical (unpaired) electrons. The third-order valence-corrected chi connectivity index (χ3v) is 4.30. The molecule has 1 N–H and O–H groups in total. The van der Waals surface area contributed by atoms with Gasteiger partial charge in [0.25, 0.3) is 5.91 Å². The largest absolute Gasteiger partial charge is 0.481 e. The Kier molecular flexibility index (Phi) is 6.21.